The Balaban J connectivity index is 1.79. The van der Waals surface area contributed by atoms with Crippen LogP contribution in [0, 0.1) is 13.8 Å². The molecule has 0 heterocycles. The fraction of sp³-hybridized carbons (Fsp3) is 0.278. The lowest BCUT2D eigenvalue weighted by Gasteiger charge is -2.18. The molecule has 2 rings (SSSR count). The Morgan fingerprint density at radius 3 is 2.59 bits per heavy atom. The first-order chi connectivity index (χ1) is 10.6. The van der Waals surface area contributed by atoms with Crippen molar-refractivity contribution >= 4 is 11.7 Å². The highest BCUT2D eigenvalue weighted by molar-refractivity contribution is 5.91. The number of hydrogen-bond donors (Lipinski definition) is 1. The number of carbonyl (C=O) groups is 1. The van der Waals surface area contributed by atoms with Crippen molar-refractivity contribution in [3.63, 3.8) is 0 Å². The van der Waals surface area contributed by atoms with Crippen molar-refractivity contribution in [2.75, 3.05) is 25.1 Å². The number of carbonyl (C=O) groups excluding carboxylic acids is 1. The summed E-state index contributed by atoms with van der Waals surface area (Å²) < 4.78 is 5.72. The predicted molar refractivity (Wildman–Crippen MR) is 89.7 cm³/mol. The van der Waals surface area contributed by atoms with Gasteiger partial charge in [0.15, 0.2) is 0 Å². The van der Waals surface area contributed by atoms with Gasteiger partial charge in [-0.25, -0.2) is 4.79 Å². The molecule has 0 aliphatic rings. The van der Waals surface area contributed by atoms with Crippen molar-refractivity contribution in [2.45, 2.75) is 13.8 Å². The van der Waals surface area contributed by atoms with Gasteiger partial charge in [0, 0.05) is 12.7 Å². The fourth-order valence-corrected chi connectivity index (χ4v) is 2.07. The maximum absolute atomic E-state index is 12.0. The second-order valence-corrected chi connectivity index (χ2v) is 5.24. The molecule has 0 saturated heterocycles. The van der Waals surface area contributed by atoms with Gasteiger partial charge >= 0.3 is 6.03 Å². The van der Waals surface area contributed by atoms with E-state index < -0.39 is 0 Å². The van der Waals surface area contributed by atoms with Crippen molar-refractivity contribution in [1.82, 2.24) is 5.32 Å². The van der Waals surface area contributed by atoms with Crippen LogP contribution in [0.15, 0.2) is 48.5 Å². The van der Waals surface area contributed by atoms with Gasteiger partial charge in [-0.2, -0.15) is 0 Å². The normalized spacial score (nSPS) is 10.1. The molecule has 0 aromatic heterocycles. The van der Waals surface area contributed by atoms with Crippen LogP contribution in [0.3, 0.4) is 0 Å². The molecular weight excluding hydrogens is 276 g/mol. The lowest BCUT2D eigenvalue weighted by molar-refractivity contribution is 0.243. The van der Waals surface area contributed by atoms with Crippen molar-refractivity contribution in [1.29, 1.82) is 0 Å². The Kier molecular flexibility index (Phi) is 5.42. The minimum atomic E-state index is -0.143. The van der Waals surface area contributed by atoms with Crippen molar-refractivity contribution < 1.29 is 9.53 Å². The SMILES string of the molecule is Cc1ccc(C)c(OCCNC(=O)N(C)c2ccccc2)c1. The summed E-state index contributed by atoms with van der Waals surface area (Å²) in [6, 6.07) is 15.5. The van der Waals surface area contributed by atoms with Gasteiger partial charge < -0.3 is 10.1 Å². The number of benzene rings is 2. The molecule has 4 heteroatoms. The van der Waals surface area contributed by atoms with Crippen LogP contribution in [-0.2, 0) is 0 Å². The lowest BCUT2D eigenvalue weighted by Crippen LogP contribution is -2.39. The van der Waals surface area contributed by atoms with Crippen LogP contribution in [0.1, 0.15) is 11.1 Å². The first-order valence-corrected chi connectivity index (χ1v) is 7.34. The van der Waals surface area contributed by atoms with Gasteiger partial charge in [-0.15, -0.1) is 0 Å². The summed E-state index contributed by atoms with van der Waals surface area (Å²) in [7, 11) is 1.75. The van der Waals surface area contributed by atoms with Crippen LogP contribution in [-0.4, -0.2) is 26.2 Å². The maximum atomic E-state index is 12.0. The van der Waals surface area contributed by atoms with E-state index in [-0.39, 0.29) is 6.03 Å². The molecule has 0 saturated carbocycles. The van der Waals surface area contributed by atoms with E-state index in [1.54, 1.807) is 11.9 Å². The minimum Gasteiger partial charge on any atom is -0.491 e. The molecule has 0 aliphatic heterocycles. The highest BCUT2D eigenvalue weighted by atomic mass is 16.5. The Labute approximate surface area is 131 Å². The average molecular weight is 298 g/mol. The van der Waals surface area contributed by atoms with E-state index in [0.717, 1.165) is 22.6 Å². The van der Waals surface area contributed by atoms with E-state index in [2.05, 4.69) is 11.4 Å². The lowest BCUT2D eigenvalue weighted by atomic mass is 10.1. The molecule has 0 atom stereocenters. The average Bonchev–Trinajstić information content (AvgIpc) is 2.54. The standard InChI is InChI=1S/C18H22N2O2/c1-14-9-10-15(2)17(13-14)22-12-11-19-18(21)20(3)16-7-5-4-6-8-16/h4-10,13H,11-12H2,1-3H3,(H,19,21). The molecule has 2 aromatic carbocycles. The quantitative estimate of drug-likeness (QED) is 0.858. The zero-order chi connectivity index (χ0) is 15.9. The number of nitrogens with zero attached hydrogens (tertiary/aromatic N) is 1. The van der Waals surface area contributed by atoms with Gasteiger partial charge in [-0.1, -0.05) is 30.3 Å². The summed E-state index contributed by atoms with van der Waals surface area (Å²) in [6.07, 6.45) is 0. The monoisotopic (exact) mass is 298 g/mol. The number of rotatable bonds is 5. The number of urea groups is 1. The molecular formula is C18H22N2O2. The van der Waals surface area contributed by atoms with Crippen LogP contribution in [0.2, 0.25) is 0 Å². The van der Waals surface area contributed by atoms with E-state index in [0.29, 0.717) is 13.2 Å². The largest absolute Gasteiger partial charge is 0.491 e. The molecule has 22 heavy (non-hydrogen) atoms. The van der Waals surface area contributed by atoms with Gasteiger partial charge in [0.05, 0.1) is 6.54 Å². The summed E-state index contributed by atoms with van der Waals surface area (Å²) in [4.78, 5) is 13.6. The molecule has 2 amide bonds. The van der Waals surface area contributed by atoms with Gasteiger partial charge in [-0.05, 0) is 43.2 Å². The number of amides is 2. The van der Waals surface area contributed by atoms with E-state index in [1.165, 1.54) is 0 Å². The smallest absolute Gasteiger partial charge is 0.321 e. The van der Waals surface area contributed by atoms with Gasteiger partial charge in [-0.3, -0.25) is 4.90 Å². The third kappa shape index (κ3) is 4.25. The van der Waals surface area contributed by atoms with Crippen LogP contribution in [0.25, 0.3) is 0 Å². The van der Waals surface area contributed by atoms with E-state index in [1.807, 2.05) is 56.3 Å². The first kappa shape index (κ1) is 15.9. The molecule has 116 valence electrons. The van der Waals surface area contributed by atoms with Gasteiger partial charge in [0.2, 0.25) is 0 Å². The first-order valence-electron chi connectivity index (χ1n) is 7.34. The van der Waals surface area contributed by atoms with Crippen LogP contribution < -0.4 is 15.0 Å². The molecule has 0 fully saturated rings. The molecule has 0 bridgehead atoms. The second-order valence-electron chi connectivity index (χ2n) is 5.24. The Morgan fingerprint density at radius 1 is 1.14 bits per heavy atom. The molecule has 0 spiro atoms. The number of anilines is 1. The number of hydrogen-bond acceptors (Lipinski definition) is 2. The van der Waals surface area contributed by atoms with Gasteiger partial charge in [0.25, 0.3) is 0 Å². The van der Waals surface area contributed by atoms with E-state index in [9.17, 15) is 4.79 Å². The number of aryl methyl sites for hydroxylation is 2. The highest BCUT2D eigenvalue weighted by Crippen LogP contribution is 2.18. The Hall–Kier alpha value is -2.49. The molecule has 0 radical (unpaired) electrons. The van der Waals surface area contributed by atoms with E-state index in [4.69, 9.17) is 4.74 Å². The summed E-state index contributed by atoms with van der Waals surface area (Å²) in [5.41, 5.74) is 3.11. The van der Waals surface area contributed by atoms with Crippen LogP contribution in [0.4, 0.5) is 10.5 Å². The zero-order valence-electron chi connectivity index (χ0n) is 13.3. The Morgan fingerprint density at radius 2 is 1.86 bits per heavy atom. The Bertz CT molecular complexity index is 626. The van der Waals surface area contributed by atoms with Crippen LogP contribution >= 0.6 is 0 Å². The highest BCUT2D eigenvalue weighted by Gasteiger charge is 2.09. The molecule has 0 aliphatic carbocycles. The van der Waals surface area contributed by atoms with Gasteiger partial charge in [0.1, 0.15) is 12.4 Å². The topological polar surface area (TPSA) is 41.6 Å². The third-order valence-electron chi connectivity index (χ3n) is 3.43. The number of ether oxygens (including phenoxy) is 1. The summed E-state index contributed by atoms with van der Waals surface area (Å²) in [5.74, 6) is 0.866. The summed E-state index contributed by atoms with van der Waals surface area (Å²) in [6.45, 7) is 4.95. The molecule has 2 aromatic rings. The fourth-order valence-electron chi connectivity index (χ4n) is 2.07. The zero-order valence-corrected chi connectivity index (χ0v) is 13.3. The maximum Gasteiger partial charge on any atom is 0.321 e. The number of nitrogens with one attached hydrogen (secondary N) is 1. The van der Waals surface area contributed by atoms with Crippen LogP contribution in [0.5, 0.6) is 5.75 Å². The summed E-state index contributed by atoms with van der Waals surface area (Å²) in [5, 5.41) is 2.85. The second kappa shape index (κ2) is 7.50. The van der Waals surface area contributed by atoms with Crippen molar-refractivity contribution in [3.05, 3.63) is 59.7 Å². The molecule has 4 nitrogen and oxygen atoms in total. The number of para-hydroxylation sites is 1. The van der Waals surface area contributed by atoms with Crippen molar-refractivity contribution in [2.24, 2.45) is 0 Å². The van der Waals surface area contributed by atoms with E-state index >= 15 is 0 Å². The third-order valence-corrected chi connectivity index (χ3v) is 3.43. The molecule has 0 unspecified atom stereocenters. The van der Waals surface area contributed by atoms with Crippen molar-refractivity contribution in [3.8, 4) is 5.75 Å². The predicted octanol–water partition coefficient (Wildman–Crippen LogP) is 3.53. The molecule has 1 N–H and O–H groups in total. The summed E-state index contributed by atoms with van der Waals surface area (Å²) >= 11 is 0. The minimum absolute atomic E-state index is 0.143.